The smallest absolute Gasteiger partial charge is 0.338 e. The molecule has 0 atom stereocenters. The lowest BCUT2D eigenvalue weighted by atomic mass is 10.1. The van der Waals surface area contributed by atoms with Crippen molar-refractivity contribution in [1.29, 1.82) is 0 Å². The number of hydrogen-bond acceptors (Lipinski definition) is 7. The molecule has 0 unspecified atom stereocenters. The van der Waals surface area contributed by atoms with Gasteiger partial charge in [0.15, 0.2) is 6.61 Å². The normalized spacial score (nSPS) is 10.6. The Bertz CT molecular complexity index is 1070. The number of nitrogens with zero attached hydrogens (tertiary/aromatic N) is 4. The summed E-state index contributed by atoms with van der Waals surface area (Å²) in [5.41, 5.74) is 3.00. The average molecular weight is 395 g/mol. The van der Waals surface area contributed by atoms with Crippen molar-refractivity contribution >= 4 is 17.7 Å². The second kappa shape index (κ2) is 8.09. The molecule has 2 aromatic heterocycles. The summed E-state index contributed by atoms with van der Waals surface area (Å²) in [7, 11) is 0. The monoisotopic (exact) mass is 395 g/mol. The van der Waals surface area contributed by atoms with Crippen molar-refractivity contribution in [2.24, 2.45) is 0 Å². The van der Waals surface area contributed by atoms with Crippen LogP contribution in [0.25, 0.3) is 5.95 Å². The number of ether oxygens (including phenoxy) is 1. The molecular weight excluding hydrogens is 374 g/mol. The maximum Gasteiger partial charge on any atom is 0.338 e. The predicted octanol–water partition coefficient (Wildman–Crippen LogP) is 2.40. The number of carbonyl (C=O) groups excluding carboxylic acids is 2. The van der Waals surface area contributed by atoms with Crippen molar-refractivity contribution in [3.8, 4) is 11.7 Å². The number of rotatable bonds is 5. The van der Waals surface area contributed by atoms with Crippen LogP contribution in [0.5, 0.6) is 5.75 Å². The third kappa shape index (κ3) is 4.75. The molecule has 9 nitrogen and oxygen atoms in total. The van der Waals surface area contributed by atoms with Gasteiger partial charge in [0.25, 0.3) is 11.9 Å². The second-order valence-corrected chi connectivity index (χ2v) is 6.66. The molecule has 9 heteroatoms. The third-order valence-corrected chi connectivity index (χ3v) is 4.04. The number of nitrogens with one attached hydrogen (secondary N) is 1. The van der Waals surface area contributed by atoms with Crippen LogP contribution in [0.2, 0.25) is 0 Å². The lowest BCUT2D eigenvalue weighted by Crippen LogP contribution is -2.22. The molecule has 0 spiro atoms. The number of amides is 1. The Labute approximate surface area is 167 Å². The Balaban J connectivity index is 1.69. The molecule has 2 heterocycles. The van der Waals surface area contributed by atoms with Crippen molar-refractivity contribution in [3.63, 3.8) is 0 Å². The molecule has 0 saturated carbocycles. The van der Waals surface area contributed by atoms with Crippen molar-refractivity contribution in [2.45, 2.75) is 27.7 Å². The van der Waals surface area contributed by atoms with E-state index in [0.717, 1.165) is 11.4 Å². The largest absolute Gasteiger partial charge is 0.508 e. The Hall–Kier alpha value is -3.75. The number of aromatic nitrogens is 4. The average Bonchev–Trinajstić information content (AvgIpc) is 3.01. The molecule has 0 fully saturated rings. The van der Waals surface area contributed by atoms with E-state index in [2.05, 4.69) is 20.4 Å². The number of aromatic hydroxyl groups is 1. The molecule has 29 heavy (non-hydrogen) atoms. The van der Waals surface area contributed by atoms with E-state index in [9.17, 15) is 14.7 Å². The van der Waals surface area contributed by atoms with Gasteiger partial charge in [0.2, 0.25) is 0 Å². The van der Waals surface area contributed by atoms with Gasteiger partial charge in [-0.3, -0.25) is 4.79 Å². The zero-order valence-electron chi connectivity index (χ0n) is 16.6. The van der Waals surface area contributed by atoms with Crippen LogP contribution in [-0.2, 0) is 9.53 Å². The quantitative estimate of drug-likeness (QED) is 0.637. The Kier molecular flexibility index (Phi) is 5.58. The molecule has 2 N–H and O–H groups in total. The highest BCUT2D eigenvalue weighted by atomic mass is 16.5. The van der Waals surface area contributed by atoms with Crippen LogP contribution >= 0.6 is 0 Å². The van der Waals surface area contributed by atoms with Crippen LogP contribution < -0.4 is 5.32 Å². The van der Waals surface area contributed by atoms with Gasteiger partial charge in [-0.1, -0.05) is 6.07 Å². The summed E-state index contributed by atoms with van der Waals surface area (Å²) >= 11 is 0. The number of hydrogen-bond donors (Lipinski definition) is 2. The summed E-state index contributed by atoms with van der Waals surface area (Å²) in [5.74, 6) is -0.575. The summed E-state index contributed by atoms with van der Waals surface area (Å²) in [6.07, 6.45) is 0. The SMILES string of the molecule is Cc1cc(C)nc(-n2nc(C)cc2NC(=O)COC(=O)c2ccc(C)c(O)c2)n1. The van der Waals surface area contributed by atoms with E-state index in [1.54, 1.807) is 26.0 Å². The molecule has 0 aliphatic heterocycles. The molecular formula is C20H21N5O4. The minimum atomic E-state index is -0.710. The summed E-state index contributed by atoms with van der Waals surface area (Å²) in [6.45, 7) is 6.68. The fourth-order valence-electron chi connectivity index (χ4n) is 2.67. The topological polar surface area (TPSA) is 119 Å². The molecule has 0 aliphatic carbocycles. The molecule has 0 aliphatic rings. The van der Waals surface area contributed by atoms with Gasteiger partial charge < -0.3 is 15.2 Å². The van der Waals surface area contributed by atoms with E-state index >= 15 is 0 Å². The molecule has 3 rings (SSSR count). The van der Waals surface area contributed by atoms with Crippen LogP contribution in [0.15, 0.2) is 30.3 Å². The number of phenolic OH excluding ortho intramolecular Hbond substituents is 1. The summed E-state index contributed by atoms with van der Waals surface area (Å²) < 4.78 is 6.45. The fraction of sp³-hybridized carbons (Fsp3) is 0.250. The second-order valence-electron chi connectivity index (χ2n) is 6.66. The molecule has 1 aromatic carbocycles. The van der Waals surface area contributed by atoms with E-state index in [4.69, 9.17) is 4.74 Å². The van der Waals surface area contributed by atoms with E-state index in [-0.39, 0.29) is 11.3 Å². The molecule has 150 valence electrons. The number of carbonyl (C=O) groups is 2. The van der Waals surface area contributed by atoms with Crippen molar-refractivity contribution < 1.29 is 19.4 Å². The van der Waals surface area contributed by atoms with Crippen LogP contribution in [0.4, 0.5) is 5.82 Å². The van der Waals surface area contributed by atoms with Gasteiger partial charge in [-0.2, -0.15) is 9.78 Å². The molecule has 1 amide bonds. The highest BCUT2D eigenvalue weighted by molar-refractivity contribution is 5.95. The third-order valence-electron chi connectivity index (χ3n) is 4.04. The van der Waals surface area contributed by atoms with Gasteiger partial charge in [0.1, 0.15) is 11.6 Å². The molecule has 3 aromatic rings. The molecule has 0 radical (unpaired) electrons. The zero-order chi connectivity index (χ0) is 21.1. The first-order chi connectivity index (χ1) is 13.7. The maximum atomic E-state index is 12.3. The van der Waals surface area contributed by atoms with E-state index in [1.807, 2.05) is 19.9 Å². The Morgan fingerprint density at radius 3 is 2.38 bits per heavy atom. The Morgan fingerprint density at radius 1 is 1.03 bits per heavy atom. The van der Waals surface area contributed by atoms with Gasteiger partial charge in [0, 0.05) is 17.5 Å². The fourth-order valence-corrected chi connectivity index (χ4v) is 2.67. The molecule has 0 saturated heterocycles. The number of phenols is 1. The van der Waals surface area contributed by atoms with Gasteiger partial charge in [-0.25, -0.2) is 14.8 Å². The van der Waals surface area contributed by atoms with E-state index in [1.165, 1.54) is 16.8 Å². The van der Waals surface area contributed by atoms with Crippen LogP contribution in [0.1, 0.15) is 33.0 Å². The van der Waals surface area contributed by atoms with E-state index in [0.29, 0.717) is 23.0 Å². The number of anilines is 1. The number of aryl methyl sites for hydroxylation is 4. The first-order valence-corrected chi connectivity index (χ1v) is 8.89. The summed E-state index contributed by atoms with van der Waals surface area (Å²) in [6, 6.07) is 7.91. The van der Waals surface area contributed by atoms with Gasteiger partial charge in [0.05, 0.1) is 11.3 Å². The van der Waals surface area contributed by atoms with E-state index < -0.39 is 18.5 Å². The van der Waals surface area contributed by atoms with Crippen molar-refractivity contribution in [2.75, 3.05) is 11.9 Å². The molecule has 0 bridgehead atoms. The van der Waals surface area contributed by atoms with Crippen LogP contribution in [-0.4, -0.2) is 43.3 Å². The lowest BCUT2D eigenvalue weighted by molar-refractivity contribution is -0.119. The van der Waals surface area contributed by atoms with Crippen LogP contribution in [0.3, 0.4) is 0 Å². The minimum absolute atomic E-state index is 0.0169. The summed E-state index contributed by atoms with van der Waals surface area (Å²) in [4.78, 5) is 33.0. The standard InChI is InChI=1S/C20H21N5O4/c1-11-5-6-15(9-16(11)26)19(28)29-10-18(27)23-17-8-14(4)24-25(17)20-21-12(2)7-13(3)22-20/h5-9,26H,10H2,1-4H3,(H,23,27). The predicted molar refractivity (Wildman–Crippen MR) is 105 cm³/mol. The van der Waals surface area contributed by atoms with Gasteiger partial charge >= 0.3 is 5.97 Å². The first kappa shape index (κ1) is 20.0. The Morgan fingerprint density at radius 2 is 1.72 bits per heavy atom. The first-order valence-electron chi connectivity index (χ1n) is 8.89. The highest BCUT2D eigenvalue weighted by Crippen LogP contribution is 2.18. The maximum absolute atomic E-state index is 12.3. The lowest BCUT2D eigenvalue weighted by Gasteiger charge is -2.09. The number of benzene rings is 1. The number of esters is 1. The zero-order valence-corrected chi connectivity index (χ0v) is 16.6. The van der Waals surface area contributed by atoms with Crippen molar-refractivity contribution in [3.05, 3.63) is 58.5 Å². The minimum Gasteiger partial charge on any atom is -0.508 e. The highest BCUT2D eigenvalue weighted by Gasteiger charge is 2.16. The summed E-state index contributed by atoms with van der Waals surface area (Å²) in [5, 5.41) is 16.7. The van der Waals surface area contributed by atoms with Crippen LogP contribution in [0, 0.1) is 27.7 Å². The van der Waals surface area contributed by atoms with Gasteiger partial charge in [-0.05, 0) is 51.5 Å². The van der Waals surface area contributed by atoms with Gasteiger partial charge in [-0.15, -0.1) is 0 Å². The van der Waals surface area contributed by atoms with Crippen molar-refractivity contribution in [1.82, 2.24) is 19.7 Å².